The van der Waals surface area contributed by atoms with E-state index in [1.807, 2.05) is 30.3 Å². The van der Waals surface area contributed by atoms with E-state index in [2.05, 4.69) is 4.18 Å². The van der Waals surface area contributed by atoms with Crippen LogP contribution in [0.25, 0.3) is 10.9 Å². The molecule has 3 aromatic rings. The lowest BCUT2D eigenvalue weighted by Crippen LogP contribution is -2.12. The van der Waals surface area contributed by atoms with Gasteiger partial charge in [0, 0.05) is 11.6 Å². The zero-order valence-corrected chi connectivity index (χ0v) is 13.7. The van der Waals surface area contributed by atoms with Gasteiger partial charge in [0.05, 0.1) is 17.5 Å². The zero-order valence-electron chi connectivity index (χ0n) is 12.9. The Balaban J connectivity index is 1.84. The fraction of sp³-hybridized carbons (Fsp3) is 0.118. The van der Waals surface area contributed by atoms with Gasteiger partial charge in [-0.3, -0.25) is 8.75 Å². The van der Waals surface area contributed by atoms with Crippen LogP contribution in [0.2, 0.25) is 0 Å². The van der Waals surface area contributed by atoms with Gasteiger partial charge >= 0.3 is 6.09 Å². The van der Waals surface area contributed by atoms with Crippen molar-refractivity contribution < 1.29 is 22.1 Å². The summed E-state index contributed by atoms with van der Waals surface area (Å²) in [5.74, 6) is 0. The Hall–Kier alpha value is -2.64. The molecule has 124 valence electrons. The summed E-state index contributed by atoms with van der Waals surface area (Å²) in [6, 6.07) is 15.4. The highest BCUT2D eigenvalue weighted by molar-refractivity contribution is 7.86. The van der Waals surface area contributed by atoms with Crippen LogP contribution in [0, 0.1) is 0 Å². The SMILES string of the molecule is COS(=O)(=O)c1ccc2c(ccn2C(=O)OCc2ccccc2)c1. The molecule has 0 aliphatic carbocycles. The number of carbonyl (C=O) groups excluding carboxylic acids is 1. The molecule has 0 fully saturated rings. The van der Waals surface area contributed by atoms with Gasteiger partial charge in [0.25, 0.3) is 10.1 Å². The number of fused-ring (bicyclic) bond motifs is 1. The van der Waals surface area contributed by atoms with Gasteiger partial charge in [0.15, 0.2) is 0 Å². The van der Waals surface area contributed by atoms with Crippen molar-refractivity contribution in [3.8, 4) is 0 Å². The Kier molecular flexibility index (Phi) is 4.37. The van der Waals surface area contributed by atoms with Crippen molar-refractivity contribution in [2.75, 3.05) is 7.11 Å². The fourth-order valence-electron chi connectivity index (χ4n) is 2.32. The normalized spacial score (nSPS) is 11.5. The van der Waals surface area contributed by atoms with Crippen LogP contribution in [0.4, 0.5) is 4.79 Å². The molecule has 0 unspecified atom stereocenters. The topological polar surface area (TPSA) is 74.6 Å². The van der Waals surface area contributed by atoms with Crippen molar-refractivity contribution in [3.05, 3.63) is 66.4 Å². The van der Waals surface area contributed by atoms with Gasteiger partial charge in [0.1, 0.15) is 6.61 Å². The van der Waals surface area contributed by atoms with Crippen molar-refractivity contribution in [2.24, 2.45) is 0 Å². The van der Waals surface area contributed by atoms with Gasteiger partial charge in [0.2, 0.25) is 0 Å². The van der Waals surface area contributed by atoms with E-state index >= 15 is 0 Å². The summed E-state index contributed by atoms with van der Waals surface area (Å²) in [6.07, 6.45) is 1.01. The van der Waals surface area contributed by atoms with Crippen LogP contribution in [0.15, 0.2) is 65.7 Å². The molecule has 1 heterocycles. The van der Waals surface area contributed by atoms with E-state index in [9.17, 15) is 13.2 Å². The van der Waals surface area contributed by atoms with Crippen LogP contribution in [-0.2, 0) is 25.6 Å². The molecule has 0 bridgehead atoms. The minimum absolute atomic E-state index is 0.0351. The van der Waals surface area contributed by atoms with E-state index < -0.39 is 16.2 Å². The molecule has 0 amide bonds. The molecule has 3 rings (SSSR count). The number of hydrogen-bond donors (Lipinski definition) is 0. The molecule has 0 atom stereocenters. The van der Waals surface area contributed by atoms with E-state index in [4.69, 9.17) is 4.74 Å². The molecule has 0 spiro atoms. The van der Waals surface area contributed by atoms with E-state index in [-0.39, 0.29) is 11.5 Å². The highest BCUT2D eigenvalue weighted by Gasteiger charge is 2.16. The third-order valence-corrected chi connectivity index (χ3v) is 4.84. The van der Waals surface area contributed by atoms with Gasteiger partial charge < -0.3 is 4.74 Å². The first-order valence-electron chi connectivity index (χ1n) is 7.14. The fourth-order valence-corrected chi connectivity index (χ4v) is 3.02. The summed E-state index contributed by atoms with van der Waals surface area (Å²) >= 11 is 0. The first-order valence-corrected chi connectivity index (χ1v) is 8.55. The lowest BCUT2D eigenvalue weighted by molar-refractivity contribution is 0.142. The van der Waals surface area contributed by atoms with Gasteiger partial charge in [-0.1, -0.05) is 30.3 Å². The summed E-state index contributed by atoms with van der Waals surface area (Å²) in [7, 11) is -2.67. The quantitative estimate of drug-likeness (QED) is 0.679. The number of ether oxygens (including phenoxy) is 1. The molecule has 7 heteroatoms. The second-order valence-electron chi connectivity index (χ2n) is 5.07. The molecular formula is C17H15NO5S. The molecule has 0 radical (unpaired) electrons. The van der Waals surface area contributed by atoms with Crippen molar-refractivity contribution in [2.45, 2.75) is 11.5 Å². The molecular weight excluding hydrogens is 330 g/mol. The molecule has 6 nitrogen and oxygen atoms in total. The highest BCUT2D eigenvalue weighted by atomic mass is 32.2. The summed E-state index contributed by atoms with van der Waals surface area (Å²) in [5.41, 5.74) is 1.44. The summed E-state index contributed by atoms with van der Waals surface area (Å²) in [4.78, 5) is 12.3. The molecule has 0 N–H and O–H groups in total. The average molecular weight is 345 g/mol. The number of carbonyl (C=O) groups is 1. The van der Waals surface area contributed by atoms with Crippen molar-refractivity contribution in [1.29, 1.82) is 0 Å². The summed E-state index contributed by atoms with van der Waals surface area (Å²) < 4.78 is 34.6. The van der Waals surface area contributed by atoms with Crippen LogP contribution < -0.4 is 0 Å². The van der Waals surface area contributed by atoms with Crippen LogP contribution in [-0.4, -0.2) is 26.2 Å². The number of aromatic nitrogens is 1. The third kappa shape index (κ3) is 3.17. The van der Waals surface area contributed by atoms with Crippen molar-refractivity contribution in [1.82, 2.24) is 4.57 Å². The summed E-state index contributed by atoms with van der Waals surface area (Å²) in [6.45, 7) is 0.162. The molecule has 0 saturated carbocycles. The molecule has 2 aromatic carbocycles. The maximum atomic E-state index is 12.2. The predicted octanol–water partition coefficient (Wildman–Crippen LogP) is 3.16. The van der Waals surface area contributed by atoms with E-state index in [1.54, 1.807) is 18.3 Å². The van der Waals surface area contributed by atoms with Gasteiger partial charge in [-0.15, -0.1) is 0 Å². The minimum atomic E-state index is -3.77. The molecule has 0 aliphatic rings. The number of rotatable bonds is 4. The van der Waals surface area contributed by atoms with Crippen molar-refractivity contribution in [3.63, 3.8) is 0 Å². The van der Waals surface area contributed by atoms with Crippen LogP contribution in [0.5, 0.6) is 0 Å². The first kappa shape index (κ1) is 16.2. The Labute approximate surface area is 139 Å². The second kappa shape index (κ2) is 6.46. The average Bonchev–Trinajstić information content (AvgIpc) is 3.04. The molecule has 0 aliphatic heterocycles. The van der Waals surface area contributed by atoms with E-state index in [1.165, 1.54) is 16.7 Å². The number of nitrogens with zero attached hydrogens (tertiary/aromatic N) is 1. The second-order valence-corrected chi connectivity index (χ2v) is 6.78. The van der Waals surface area contributed by atoms with Gasteiger partial charge in [-0.25, -0.2) is 4.79 Å². The Morgan fingerprint density at radius 1 is 1.08 bits per heavy atom. The first-order chi connectivity index (χ1) is 11.5. The van der Waals surface area contributed by atoms with E-state index in [0.29, 0.717) is 10.9 Å². The van der Waals surface area contributed by atoms with Crippen molar-refractivity contribution >= 4 is 27.1 Å². The predicted molar refractivity (Wildman–Crippen MR) is 88.2 cm³/mol. The van der Waals surface area contributed by atoms with Gasteiger partial charge in [-0.2, -0.15) is 8.42 Å². The highest BCUT2D eigenvalue weighted by Crippen LogP contribution is 2.22. The monoisotopic (exact) mass is 345 g/mol. The standard InChI is InChI=1S/C17H15NO5S/c1-22-24(20,21)15-7-8-16-14(11-15)9-10-18(16)17(19)23-12-13-5-3-2-4-6-13/h2-11H,12H2,1H3. The largest absolute Gasteiger partial charge is 0.444 e. The lowest BCUT2D eigenvalue weighted by atomic mass is 10.2. The maximum absolute atomic E-state index is 12.2. The summed E-state index contributed by atoms with van der Waals surface area (Å²) in [5, 5.41) is 0.602. The zero-order chi connectivity index (χ0) is 17.2. The number of benzene rings is 2. The Morgan fingerprint density at radius 3 is 2.54 bits per heavy atom. The third-order valence-electron chi connectivity index (χ3n) is 3.57. The van der Waals surface area contributed by atoms with Crippen LogP contribution >= 0.6 is 0 Å². The number of hydrogen-bond acceptors (Lipinski definition) is 5. The lowest BCUT2D eigenvalue weighted by Gasteiger charge is -2.07. The van der Waals surface area contributed by atoms with Gasteiger partial charge in [-0.05, 0) is 29.8 Å². The molecule has 24 heavy (non-hydrogen) atoms. The smallest absolute Gasteiger partial charge is 0.418 e. The van der Waals surface area contributed by atoms with Crippen LogP contribution in [0.3, 0.4) is 0 Å². The van der Waals surface area contributed by atoms with Crippen LogP contribution in [0.1, 0.15) is 5.56 Å². The Morgan fingerprint density at radius 2 is 1.83 bits per heavy atom. The Bertz CT molecular complexity index is 977. The molecule has 1 aromatic heterocycles. The van der Waals surface area contributed by atoms with E-state index in [0.717, 1.165) is 12.7 Å². The maximum Gasteiger partial charge on any atom is 0.418 e. The molecule has 0 saturated heterocycles. The minimum Gasteiger partial charge on any atom is -0.444 e.